The molecule has 1 atom stereocenters. The predicted molar refractivity (Wildman–Crippen MR) is 122 cm³/mol. The third kappa shape index (κ3) is 6.95. The zero-order valence-corrected chi connectivity index (χ0v) is 19.2. The number of carbonyl (C=O) groups is 2. The molecule has 1 unspecified atom stereocenters. The first-order valence-electron chi connectivity index (χ1n) is 9.46. The molecule has 1 N–H and O–H groups in total. The number of hydrogen-bond donors (Lipinski definition) is 1. The molecule has 0 bridgehead atoms. The maximum Gasteiger partial charge on any atom is 0.242 e. The van der Waals surface area contributed by atoms with Crippen LogP contribution in [0, 0.1) is 6.92 Å². The number of benzene rings is 2. The van der Waals surface area contributed by atoms with Crippen molar-refractivity contribution in [1.29, 1.82) is 0 Å². The first-order chi connectivity index (χ1) is 13.8. The van der Waals surface area contributed by atoms with Gasteiger partial charge in [0.15, 0.2) is 0 Å². The van der Waals surface area contributed by atoms with E-state index >= 15 is 0 Å². The van der Waals surface area contributed by atoms with Crippen LogP contribution in [0.25, 0.3) is 0 Å². The Hall–Kier alpha value is -1.69. The van der Waals surface area contributed by atoms with Gasteiger partial charge in [-0.3, -0.25) is 9.59 Å². The van der Waals surface area contributed by atoms with Gasteiger partial charge in [0.1, 0.15) is 6.04 Å². The Bertz CT molecular complexity index is 860. The molecule has 0 saturated carbocycles. The second-order valence-corrected chi connectivity index (χ2v) is 8.56. The minimum atomic E-state index is -0.587. The Morgan fingerprint density at radius 1 is 1.14 bits per heavy atom. The Morgan fingerprint density at radius 3 is 2.52 bits per heavy atom. The molecule has 0 aliphatic carbocycles. The molecule has 2 aromatic carbocycles. The number of likely N-dealkylation sites (N-methyl/N-ethyl adjacent to an activating group) is 1. The van der Waals surface area contributed by atoms with E-state index in [2.05, 4.69) is 24.4 Å². The molecule has 0 aromatic heterocycles. The summed E-state index contributed by atoms with van der Waals surface area (Å²) in [4.78, 5) is 27.0. The minimum Gasteiger partial charge on any atom is -0.355 e. The van der Waals surface area contributed by atoms with E-state index in [1.165, 1.54) is 11.1 Å². The highest BCUT2D eigenvalue weighted by Crippen LogP contribution is 2.24. The van der Waals surface area contributed by atoms with Gasteiger partial charge in [-0.15, -0.1) is 11.8 Å². The van der Waals surface area contributed by atoms with Gasteiger partial charge in [0, 0.05) is 18.8 Å². The molecule has 29 heavy (non-hydrogen) atoms. The largest absolute Gasteiger partial charge is 0.355 e. The van der Waals surface area contributed by atoms with E-state index in [0.717, 1.165) is 11.3 Å². The summed E-state index contributed by atoms with van der Waals surface area (Å²) in [5, 5.41) is 3.67. The van der Waals surface area contributed by atoms with E-state index in [1.807, 2.05) is 25.1 Å². The lowest BCUT2D eigenvalue weighted by Gasteiger charge is -2.28. The van der Waals surface area contributed by atoms with Crippen LogP contribution in [-0.4, -0.2) is 35.1 Å². The summed E-state index contributed by atoms with van der Waals surface area (Å²) < 4.78 is 0. The van der Waals surface area contributed by atoms with Crippen LogP contribution in [0.1, 0.15) is 30.5 Å². The van der Waals surface area contributed by atoms with E-state index < -0.39 is 6.04 Å². The maximum absolute atomic E-state index is 13.0. The zero-order valence-electron chi connectivity index (χ0n) is 16.9. The summed E-state index contributed by atoms with van der Waals surface area (Å²) in [7, 11) is 0. The number of hydrogen-bond acceptors (Lipinski definition) is 3. The van der Waals surface area contributed by atoms with Gasteiger partial charge in [-0.1, -0.05) is 53.5 Å². The fourth-order valence-electron chi connectivity index (χ4n) is 2.84. The molecule has 0 aliphatic heterocycles. The minimum absolute atomic E-state index is 0.0894. The van der Waals surface area contributed by atoms with Crippen LogP contribution in [0.5, 0.6) is 0 Å². The molecule has 0 saturated heterocycles. The first kappa shape index (κ1) is 23.6. The second kappa shape index (κ2) is 11.5. The predicted octanol–water partition coefficient (Wildman–Crippen LogP) is 5.09. The molecule has 0 radical (unpaired) electrons. The van der Waals surface area contributed by atoms with Crippen molar-refractivity contribution < 1.29 is 9.59 Å². The molecule has 0 fully saturated rings. The average molecular weight is 453 g/mol. The highest BCUT2D eigenvalue weighted by Gasteiger charge is 2.25. The Labute approximate surface area is 187 Å². The summed E-state index contributed by atoms with van der Waals surface area (Å²) >= 11 is 13.7. The van der Waals surface area contributed by atoms with Gasteiger partial charge in [0.2, 0.25) is 11.8 Å². The second-order valence-electron chi connectivity index (χ2n) is 6.76. The summed E-state index contributed by atoms with van der Waals surface area (Å²) in [6.45, 7) is 6.46. The van der Waals surface area contributed by atoms with E-state index in [1.54, 1.807) is 35.7 Å². The van der Waals surface area contributed by atoms with Gasteiger partial charge in [-0.25, -0.2) is 0 Å². The van der Waals surface area contributed by atoms with Crippen molar-refractivity contribution in [2.45, 2.75) is 39.1 Å². The number of carbonyl (C=O) groups excluding carboxylic acids is 2. The fraction of sp³-hybridized carbons (Fsp3) is 0.364. The van der Waals surface area contributed by atoms with Crippen LogP contribution in [0.15, 0.2) is 42.5 Å². The van der Waals surface area contributed by atoms with Gasteiger partial charge in [0.25, 0.3) is 0 Å². The third-order valence-corrected chi connectivity index (χ3v) is 6.30. The highest BCUT2D eigenvalue weighted by molar-refractivity contribution is 7.99. The van der Waals surface area contributed by atoms with Crippen molar-refractivity contribution in [3.63, 3.8) is 0 Å². The summed E-state index contributed by atoms with van der Waals surface area (Å²) in [5.74, 6) is 0.770. The first-order valence-corrected chi connectivity index (χ1v) is 11.4. The molecule has 0 aliphatic rings. The van der Waals surface area contributed by atoms with Crippen molar-refractivity contribution in [3.05, 3.63) is 69.2 Å². The number of thioether (sulfide) groups is 1. The number of rotatable bonds is 9. The van der Waals surface area contributed by atoms with Gasteiger partial charge in [-0.05, 0) is 49.6 Å². The summed E-state index contributed by atoms with van der Waals surface area (Å²) in [5.41, 5.74) is 3.24. The van der Waals surface area contributed by atoms with Gasteiger partial charge >= 0.3 is 0 Å². The lowest BCUT2D eigenvalue weighted by atomic mass is 10.1. The molecular formula is C22H26Cl2N2O2S. The van der Waals surface area contributed by atoms with Crippen molar-refractivity contribution in [2.75, 3.05) is 12.3 Å². The van der Waals surface area contributed by atoms with Crippen molar-refractivity contribution >= 4 is 46.8 Å². The smallest absolute Gasteiger partial charge is 0.242 e. The topological polar surface area (TPSA) is 49.4 Å². The summed E-state index contributed by atoms with van der Waals surface area (Å²) in [6.07, 6.45) is 0. The summed E-state index contributed by atoms with van der Waals surface area (Å²) in [6, 6.07) is 12.8. The van der Waals surface area contributed by atoms with Crippen LogP contribution in [-0.2, 0) is 21.9 Å². The SMILES string of the molecule is CCNC(=O)C(C)N(Cc1ccc(Cl)c(Cl)c1)C(=O)CSCc1ccccc1C. The number of nitrogens with one attached hydrogen (secondary N) is 1. The quantitative estimate of drug-likeness (QED) is 0.576. The van der Waals surface area contributed by atoms with Crippen molar-refractivity contribution in [3.8, 4) is 0 Å². The van der Waals surface area contributed by atoms with Crippen LogP contribution in [0.4, 0.5) is 0 Å². The Balaban J connectivity index is 2.10. The Morgan fingerprint density at radius 2 is 1.86 bits per heavy atom. The number of aryl methyl sites for hydroxylation is 1. The molecular weight excluding hydrogens is 427 g/mol. The maximum atomic E-state index is 13.0. The standard InChI is InChI=1S/C22H26Cl2N2O2S/c1-4-25-22(28)16(3)26(12-17-9-10-19(23)20(24)11-17)21(27)14-29-13-18-8-6-5-7-15(18)2/h5-11,16H,4,12-14H2,1-3H3,(H,25,28). The number of nitrogens with zero attached hydrogens (tertiary/aromatic N) is 1. The third-order valence-electron chi connectivity index (χ3n) is 4.60. The molecule has 4 nitrogen and oxygen atoms in total. The number of halogens is 2. The van der Waals surface area contributed by atoms with Crippen LogP contribution in [0.3, 0.4) is 0 Å². The zero-order chi connectivity index (χ0) is 21.4. The molecule has 2 rings (SSSR count). The van der Waals surface area contributed by atoms with E-state index in [9.17, 15) is 9.59 Å². The van der Waals surface area contributed by atoms with Crippen LogP contribution >= 0.6 is 35.0 Å². The lowest BCUT2D eigenvalue weighted by molar-refractivity contribution is -0.138. The molecule has 2 aromatic rings. The average Bonchev–Trinajstić information content (AvgIpc) is 2.69. The van der Waals surface area contributed by atoms with Gasteiger partial charge in [-0.2, -0.15) is 0 Å². The van der Waals surface area contributed by atoms with E-state index in [0.29, 0.717) is 28.9 Å². The molecule has 7 heteroatoms. The van der Waals surface area contributed by atoms with Crippen LogP contribution < -0.4 is 5.32 Å². The molecule has 2 amide bonds. The molecule has 0 heterocycles. The van der Waals surface area contributed by atoms with E-state index in [4.69, 9.17) is 23.2 Å². The Kier molecular flexibility index (Phi) is 9.34. The monoisotopic (exact) mass is 452 g/mol. The van der Waals surface area contributed by atoms with Gasteiger partial charge in [0.05, 0.1) is 15.8 Å². The van der Waals surface area contributed by atoms with Crippen molar-refractivity contribution in [2.24, 2.45) is 0 Å². The molecule has 156 valence electrons. The lowest BCUT2D eigenvalue weighted by Crippen LogP contribution is -2.48. The fourth-order valence-corrected chi connectivity index (χ4v) is 4.15. The molecule has 0 spiro atoms. The van der Waals surface area contributed by atoms with E-state index in [-0.39, 0.29) is 11.8 Å². The number of amides is 2. The highest BCUT2D eigenvalue weighted by atomic mass is 35.5. The van der Waals surface area contributed by atoms with Crippen molar-refractivity contribution in [1.82, 2.24) is 10.2 Å². The van der Waals surface area contributed by atoms with Crippen LogP contribution in [0.2, 0.25) is 10.0 Å². The van der Waals surface area contributed by atoms with Gasteiger partial charge < -0.3 is 10.2 Å². The normalized spacial score (nSPS) is 11.8.